The molecule has 1 atom stereocenters. The molecule has 0 N–H and O–H groups in total. The minimum absolute atomic E-state index is 0.0609. The van der Waals surface area contributed by atoms with Gasteiger partial charge in [-0.15, -0.1) is 0 Å². The standard InChI is InChI=1S/C24H34N2O4/c27-22(25-13-15-29-16-14-25)10-9-20-17-26(19-24(20)11-5-2-6-12-24)23(28)18-30-21-7-3-1-4-8-21/h1,3-4,7-8,20H,2,5-6,9-19H2. The van der Waals surface area contributed by atoms with Gasteiger partial charge < -0.3 is 19.3 Å². The van der Waals surface area contributed by atoms with Crippen molar-refractivity contribution in [2.24, 2.45) is 11.3 Å². The summed E-state index contributed by atoms with van der Waals surface area (Å²) < 4.78 is 11.1. The maximum Gasteiger partial charge on any atom is 0.260 e. The molecule has 2 saturated heterocycles. The summed E-state index contributed by atoms with van der Waals surface area (Å²) in [5.41, 5.74) is 0.186. The van der Waals surface area contributed by atoms with Gasteiger partial charge in [0.05, 0.1) is 13.2 Å². The highest BCUT2D eigenvalue weighted by Gasteiger charge is 2.47. The first kappa shape index (κ1) is 21.2. The molecule has 0 bridgehead atoms. The molecular formula is C24H34N2O4. The van der Waals surface area contributed by atoms with Crippen molar-refractivity contribution in [3.63, 3.8) is 0 Å². The van der Waals surface area contributed by atoms with Crippen molar-refractivity contribution in [2.45, 2.75) is 44.9 Å². The molecule has 1 unspecified atom stereocenters. The second-order valence-corrected chi connectivity index (χ2v) is 9.03. The molecule has 4 rings (SSSR count). The molecule has 6 heteroatoms. The Morgan fingerprint density at radius 3 is 2.47 bits per heavy atom. The van der Waals surface area contributed by atoms with Gasteiger partial charge in [0, 0.05) is 32.6 Å². The highest BCUT2D eigenvalue weighted by molar-refractivity contribution is 5.78. The number of hydrogen-bond donors (Lipinski definition) is 0. The number of amides is 2. The quantitative estimate of drug-likeness (QED) is 0.718. The van der Waals surface area contributed by atoms with Gasteiger partial charge in [-0.25, -0.2) is 0 Å². The first-order valence-electron chi connectivity index (χ1n) is 11.5. The van der Waals surface area contributed by atoms with Crippen LogP contribution in [-0.4, -0.2) is 67.6 Å². The van der Waals surface area contributed by atoms with Gasteiger partial charge in [0.2, 0.25) is 5.91 Å². The summed E-state index contributed by atoms with van der Waals surface area (Å²) in [4.78, 5) is 29.5. The summed E-state index contributed by atoms with van der Waals surface area (Å²) in [6.07, 6.45) is 7.55. The Morgan fingerprint density at radius 2 is 1.73 bits per heavy atom. The van der Waals surface area contributed by atoms with E-state index in [0.29, 0.717) is 38.6 Å². The van der Waals surface area contributed by atoms with E-state index in [0.717, 1.165) is 25.3 Å². The van der Waals surface area contributed by atoms with Crippen molar-refractivity contribution in [1.82, 2.24) is 9.80 Å². The number of ether oxygens (including phenoxy) is 2. The van der Waals surface area contributed by atoms with Crippen LogP contribution in [-0.2, 0) is 14.3 Å². The van der Waals surface area contributed by atoms with Gasteiger partial charge in [-0.3, -0.25) is 9.59 Å². The van der Waals surface area contributed by atoms with Gasteiger partial charge in [-0.05, 0) is 42.7 Å². The Hall–Kier alpha value is -2.08. The van der Waals surface area contributed by atoms with Crippen LogP contribution < -0.4 is 4.74 Å². The second-order valence-electron chi connectivity index (χ2n) is 9.03. The first-order valence-corrected chi connectivity index (χ1v) is 11.5. The fraction of sp³-hybridized carbons (Fsp3) is 0.667. The van der Waals surface area contributed by atoms with Crippen molar-refractivity contribution >= 4 is 11.8 Å². The normalized spacial score (nSPS) is 23.5. The Bertz CT molecular complexity index is 711. The Balaban J connectivity index is 1.35. The lowest BCUT2D eigenvalue weighted by molar-refractivity contribution is -0.135. The molecule has 6 nitrogen and oxygen atoms in total. The van der Waals surface area contributed by atoms with E-state index >= 15 is 0 Å². The van der Waals surface area contributed by atoms with Crippen LogP contribution in [0, 0.1) is 11.3 Å². The van der Waals surface area contributed by atoms with E-state index in [1.54, 1.807) is 0 Å². The number of nitrogens with zero attached hydrogens (tertiary/aromatic N) is 2. The molecule has 30 heavy (non-hydrogen) atoms. The third-order valence-electron chi connectivity index (χ3n) is 7.19. The summed E-state index contributed by atoms with van der Waals surface area (Å²) in [6, 6.07) is 9.51. The number of rotatable bonds is 6. The number of carbonyl (C=O) groups is 2. The minimum atomic E-state index is 0.0609. The summed E-state index contributed by atoms with van der Waals surface area (Å²) in [6.45, 7) is 4.35. The molecule has 3 aliphatic rings. The summed E-state index contributed by atoms with van der Waals surface area (Å²) in [7, 11) is 0. The topological polar surface area (TPSA) is 59.1 Å². The molecule has 1 aromatic carbocycles. The van der Waals surface area contributed by atoms with Crippen molar-refractivity contribution < 1.29 is 19.1 Å². The smallest absolute Gasteiger partial charge is 0.260 e. The number of carbonyl (C=O) groups excluding carboxylic acids is 2. The SMILES string of the molecule is O=C(CCC1CN(C(=O)COc2ccccc2)CC12CCCCC2)N1CCOCC1. The zero-order valence-corrected chi connectivity index (χ0v) is 17.9. The molecular weight excluding hydrogens is 380 g/mol. The van der Waals surface area contributed by atoms with Gasteiger partial charge >= 0.3 is 0 Å². The molecule has 2 heterocycles. The molecule has 0 radical (unpaired) electrons. The van der Waals surface area contributed by atoms with Crippen LogP contribution >= 0.6 is 0 Å². The maximum absolute atomic E-state index is 12.9. The fourth-order valence-corrected chi connectivity index (χ4v) is 5.46. The largest absolute Gasteiger partial charge is 0.484 e. The average molecular weight is 415 g/mol. The molecule has 2 amide bonds. The molecule has 1 aliphatic carbocycles. The lowest BCUT2D eigenvalue weighted by atomic mass is 9.66. The number of benzene rings is 1. The van der Waals surface area contributed by atoms with E-state index in [4.69, 9.17) is 9.47 Å². The molecule has 0 aromatic heterocycles. The van der Waals surface area contributed by atoms with Crippen molar-refractivity contribution in [1.29, 1.82) is 0 Å². The first-order chi connectivity index (χ1) is 14.7. The van der Waals surface area contributed by atoms with Gasteiger partial charge in [0.1, 0.15) is 5.75 Å². The molecule has 2 aliphatic heterocycles. The fourth-order valence-electron chi connectivity index (χ4n) is 5.46. The van der Waals surface area contributed by atoms with Crippen LogP contribution in [0.15, 0.2) is 30.3 Å². The third-order valence-corrected chi connectivity index (χ3v) is 7.19. The van der Waals surface area contributed by atoms with Crippen molar-refractivity contribution in [3.05, 3.63) is 30.3 Å². The van der Waals surface area contributed by atoms with Crippen LogP contribution in [0.2, 0.25) is 0 Å². The van der Waals surface area contributed by atoms with Gasteiger partial charge in [0.25, 0.3) is 5.91 Å². The van der Waals surface area contributed by atoms with Crippen LogP contribution in [0.1, 0.15) is 44.9 Å². The van der Waals surface area contributed by atoms with Gasteiger partial charge in [0.15, 0.2) is 6.61 Å². The van der Waals surface area contributed by atoms with E-state index in [1.807, 2.05) is 40.1 Å². The Labute approximate surface area is 179 Å². The summed E-state index contributed by atoms with van der Waals surface area (Å²) >= 11 is 0. The van der Waals surface area contributed by atoms with E-state index < -0.39 is 0 Å². The number of morpholine rings is 1. The van der Waals surface area contributed by atoms with Gasteiger partial charge in [-0.2, -0.15) is 0 Å². The second kappa shape index (κ2) is 9.82. The average Bonchev–Trinajstić information content (AvgIpc) is 3.15. The van der Waals surface area contributed by atoms with Crippen LogP contribution in [0.25, 0.3) is 0 Å². The number of hydrogen-bond acceptors (Lipinski definition) is 4. The lowest BCUT2D eigenvalue weighted by Gasteiger charge is -2.38. The Morgan fingerprint density at radius 1 is 1.00 bits per heavy atom. The highest BCUT2D eigenvalue weighted by atomic mass is 16.5. The number of likely N-dealkylation sites (tertiary alicyclic amines) is 1. The van der Waals surface area contributed by atoms with E-state index in [2.05, 4.69) is 0 Å². The Kier molecular flexibility index (Phi) is 6.93. The monoisotopic (exact) mass is 414 g/mol. The van der Waals surface area contributed by atoms with Crippen LogP contribution in [0.4, 0.5) is 0 Å². The van der Waals surface area contributed by atoms with E-state index in [9.17, 15) is 9.59 Å². The molecule has 164 valence electrons. The zero-order chi connectivity index (χ0) is 20.8. The molecule has 1 aromatic rings. The van der Waals surface area contributed by atoms with Crippen molar-refractivity contribution in [2.75, 3.05) is 46.0 Å². The zero-order valence-electron chi connectivity index (χ0n) is 17.9. The maximum atomic E-state index is 12.9. The third kappa shape index (κ3) is 4.97. The van der Waals surface area contributed by atoms with E-state index in [-0.39, 0.29) is 23.8 Å². The predicted molar refractivity (Wildman–Crippen MR) is 114 cm³/mol. The summed E-state index contributed by atoms with van der Waals surface area (Å²) in [5.74, 6) is 1.43. The van der Waals surface area contributed by atoms with Crippen LogP contribution in [0.5, 0.6) is 5.75 Å². The number of para-hydroxylation sites is 1. The predicted octanol–water partition coefficient (Wildman–Crippen LogP) is 3.11. The van der Waals surface area contributed by atoms with Crippen LogP contribution in [0.3, 0.4) is 0 Å². The van der Waals surface area contributed by atoms with Crippen molar-refractivity contribution in [3.8, 4) is 5.75 Å². The van der Waals surface area contributed by atoms with E-state index in [1.165, 1.54) is 32.1 Å². The summed E-state index contributed by atoms with van der Waals surface area (Å²) in [5, 5.41) is 0. The molecule has 1 saturated carbocycles. The lowest BCUT2D eigenvalue weighted by Crippen LogP contribution is -2.41. The van der Waals surface area contributed by atoms with Gasteiger partial charge in [-0.1, -0.05) is 37.5 Å². The molecule has 3 fully saturated rings. The highest BCUT2D eigenvalue weighted by Crippen LogP contribution is 2.49. The molecule has 1 spiro atoms. The minimum Gasteiger partial charge on any atom is -0.484 e.